The van der Waals surface area contributed by atoms with Crippen LogP contribution in [0, 0.1) is 13.8 Å². The number of hydrogen-bond acceptors (Lipinski definition) is 4. The smallest absolute Gasteiger partial charge is 0.244 e. The molecule has 0 aliphatic carbocycles. The minimum absolute atomic E-state index is 0.101. The van der Waals surface area contributed by atoms with E-state index in [4.69, 9.17) is 0 Å². The number of aromatic hydroxyl groups is 1. The second-order valence-corrected chi connectivity index (χ2v) is 6.60. The van der Waals surface area contributed by atoms with Gasteiger partial charge in [-0.25, -0.2) is 13.1 Å². The quantitative estimate of drug-likeness (QED) is 0.793. The highest BCUT2D eigenvalue weighted by Gasteiger charge is 2.17. The van der Waals surface area contributed by atoms with Crippen LogP contribution < -0.4 is 4.72 Å². The maximum absolute atomic E-state index is 12.0. The van der Waals surface area contributed by atoms with Crippen LogP contribution in [0.15, 0.2) is 35.2 Å². The molecule has 21 heavy (non-hydrogen) atoms. The van der Waals surface area contributed by atoms with E-state index in [2.05, 4.69) is 9.82 Å². The molecule has 0 fully saturated rings. The van der Waals surface area contributed by atoms with E-state index in [0.717, 1.165) is 11.4 Å². The average Bonchev–Trinajstić information content (AvgIpc) is 2.73. The molecule has 0 spiro atoms. The molecule has 0 radical (unpaired) electrons. The Kier molecular flexibility index (Phi) is 4.64. The van der Waals surface area contributed by atoms with Gasteiger partial charge < -0.3 is 5.11 Å². The van der Waals surface area contributed by atoms with Crippen molar-refractivity contribution >= 4 is 10.0 Å². The highest BCUT2D eigenvalue weighted by Crippen LogP contribution is 2.20. The molecule has 0 amide bonds. The van der Waals surface area contributed by atoms with E-state index in [1.165, 1.54) is 12.1 Å². The number of para-hydroxylation sites is 1. The topological polar surface area (TPSA) is 84.2 Å². The van der Waals surface area contributed by atoms with Crippen molar-refractivity contribution in [3.05, 3.63) is 41.7 Å². The predicted molar refractivity (Wildman–Crippen MR) is 79.6 cm³/mol. The molecule has 0 atom stereocenters. The van der Waals surface area contributed by atoms with Crippen LogP contribution in [0.25, 0.3) is 0 Å². The number of nitrogens with one attached hydrogen (secondary N) is 1. The number of hydrogen-bond donors (Lipinski definition) is 2. The molecule has 0 bridgehead atoms. The van der Waals surface area contributed by atoms with Crippen LogP contribution in [-0.4, -0.2) is 29.8 Å². The standard InChI is InChI=1S/C14H19N3O3S/c1-11-10-12(2)17(16-11)9-5-8-15-21(19,20)14-7-4-3-6-13(14)18/h3-4,6-7,10,15,18H,5,8-9H2,1-2H3. The van der Waals surface area contributed by atoms with Crippen molar-refractivity contribution < 1.29 is 13.5 Å². The third-order valence-electron chi connectivity index (χ3n) is 3.10. The van der Waals surface area contributed by atoms with Gasteiger partial charge in [0.1, 0.15) is 10.6 Å². The Morgan fingerprint density at radius 2 is 2.00 bits per heavy atom. The number of sulfonamides is 1. The summed E-state index contributed by atoms with van der Waals surface area (Å²) < 4.78 is 28.4. The SMILES string of the molecule is Cc1cc(C)n(CCCNS(=O)(=O)c2ccccc2O)n1. The normalized spacial score (nSPS) is 11.7. The minimum Gasteiger partial charge on any atom is -0.507 e. The summed E-state index contributed by atoms with van der Waals surface area (Å²) in [5, 5.41) is 13.9. The van der Waals surface area contributed by atoms with E-state index >= 15 is 0 Å². The molecule has 2 aromatic rings. The molecule has 2 N–H and O–H groups in total. The summed E-state index contributed by atoms with van der Waals surface area (Å²) in [6.07, 6.45) is 0.620. The van der Waals surface area contributed by atoms with Crippen molar-refractivity contribution in [2.45, 2.75) is 31.7 Å². The molecule has 7 heteroatoms. The molecule has 0 saturated carbocycles. The summed E-state index contributed by atoms with van der Waals surface area (Å²) in [7, 11) is -3.68. The zero-order chi connectivity index (χ0) is 15.5. The fraction of sp³-hybridized carbons (Fsp3) is 0.357. The fourth-order valence-corrected chi connectivity index (χ4v) is 3.27. The zero-order valence-corrected chi connectivity index (χ0v) is 12.9. The molecule has 6 nitrogen and oxygen atoms in total. The minimum atomic E-state index is -3.68. The summed E-state index contributed by atoms with van der Waals surface area (Å²) in [5.41, 5.74) is 2.00. The number of benzene rings is 1. The Morgan fingerprint density at radius 1 is 1.29 bits per heavy atom. The van der Waals surface area contributed by atoms with E-state index in [1.807, 2.05) is 24.6 Å². The highest BCUT2D eigenvalue weighted by molar-refractivity contribution is 7.89. The van der Waals surface area contributed by atoms with Crippen molar-refractivity contribution in [3.8, 4) is 5.75 Å². The summed E-state index contributed by atoms with van der Waals surface area (Å²) in [4.78, 5) is -0.101. The van der Waals surface area contributed by atoms with Crippen LogP contribution >= 0.6 is 0 Å². The lowest BCUT2D eigenvalue weighted by Crippen LogP contribution is -2.25. The van der Waals surface area contributed by atoms with E-state index in [1.54, 1.807) is 12.1 Å². The average molecular weight is 309 g/mol. The van der Waals surface area contributed by atoms with Gasteiger partial charge in [0.25, 0.3) is 0 Å². The van der Waals surface area contributed by atoms with Gasteiger partial charge in [-0.1, -0.05) is 12.1 Å². The number of aromatic nitrogens is 2. The lowest BCUT2D eigenvalue weighted by Gasteiger charge is -2.08. The van der Waals surface area contributed by atoms with Crippen LogP contribution in [0.4, 0.5) is 0 Å². The molecular weight excluding hydrogens is 290 g/mol. The zero-order valence-electron chi connectivity index (χ0n) is 12.1. The molecule has 0 aliphatic heterocycles. The Bertz CT molecular complexity index is 723. The van der Waals surface area contributed by atoms with E-state index in [9.17, 15) is 13.5 Å². The maximum atomic E-state index is 12.0. The Labute approximate surface area is 124 Å². The molecule has 114 valence electrons. The first-order valence-electron chi connectivity index (χ1n) is 6.69. The second kappa shape index (κ2) is 6.28. The third-order valence-corrected chi connectivity index (χ3v) is 4.61. The van der Waals surface area contributed by atoms with Crippen molar-refractivity contribution in [2.24, 2.45) is 0 Å². The highest BCUT2D eigenvalue weighted by atomic mass is 32.2. The lowest BCUT2D eigenvalue weighted by molar-refractivity contribution is 0.457. The molecule has 1 aromatic carbocycles. The van der Waals surface area contributed by atoms with Gasteiger partial charge in [0.05, 0.1) is 5.69 Å². The van der Waals surface area contributed by atoms with E-state index < -0.39 is 10.0 Å². The van der Waals surface area contributed by atoms with Crippen LogP contribution in [0.3, 0.4) is 0 Å². The van der Waals surface area contributed by atoms with Gasteiger partial charge in [0.15, 0.2) is 0 Å². The largest absolute Gasteiger partial charge is 0.507 e. The van der Waals surface area contributed by atoms with Gasteiger partial charge >= 0.3 is 0 Å². The van der Waals surface area contributed by atoms with Gasteiger partial charge in [0, 0.05) is 18.8 Å². The number of phenols is 1. The molecule has 1 heterocycles. The van der Waals surface area contributed by atoms with Gasteiger partial charge in [-0.2, -0.15) is 5.10 Å². The van der Waals surface area contributed by atoms with Crippen LogP contribution in [0.5, 0.6) is 5.75 Å². The lowest BCUT2D eigenvalue weighted by atomic mass is 10.3. The molecule has 0 saturated heterocycles. The number of rotatable bonds is 6. The third kappa shape index (κ3) is 3.83. The summed E-state index contributed by atoms with van der Waals surface area (Å²) in [5.74, 6) is -0.247. The number of phenolic OH excluding ortho intramolecular Hbond substituents is 1. The summed E-state index contributed by atoms with van der Waals surface area (Å²) >= 11 is 0. The van der Waals surface area contributed by atoms with Crippen molar-refractivity contribution in [2.75, 3.05) is 6.54 Å². The molecule has 0 aliphatic rings. The van der Waals surface area contributed by atoms with Gasteiger partial charge in [-0.05, 0) is 38.5 Å². The first-order chi connectivity index (χ1) is 9.90. The molecular formula is C14H19N3O3S. The monoisotopic (exact) mass is 309 g/mol. The number of nitrogens with zero attached hydrogens (tertiary/aromatic N) is 2. The van der Waals surface area contributed by atoms with Crippen molar-refractivity contribution in [3.63, 3.8) is 0 Å². The Morgan fingerprint density at radius 3 is 2.62 bits per heavy atom. The van der Waals surface area contributed by atoms with Crippen LogP contribution in [-0.2, 0) is 16.6 Å². The van der Waals surface area contributed by atoms with Crippen molar-refractivity contribution in [1.82, 2.24) is 14.5 Å². The fourth-order valence-electron chi connectivity index (χ4n) is 2.10. The predicted octanol–water partition coefficient (Wildman–Crippen LogP) is 1.57. The second-order valence-electron chi connectivity index (χ2n) is 4.87. The Hall–Kier alpha value is -1.86. The van der Waals surface area contributed by atoms with Gasteiger partial charge in [-0.3, -0.25) is 4.68 Å². The van der Waals surface area contributed by atoms with Gasteiger partial charge in [0.2, 0.25) is 10.0 Å². The van der Waals surface area contributed by atoms with Gasteiger partial charge in [-0.15, -0.1) is 0 Å². The maximum Gasteiger partial charge on any atom is 0.244 e. The summed E-state index contributed by atoms with van der Waals surface area (Å²) in [6.45, 7) is 4.81. The Balaban J connectivity index is 1.91. The number of aryl methyl sites for hydroxylation is 3. The van der Waals surface area contributed by atoms with Crippen molar-refractivity contribution in [1.29, 1.82) is 0 Å². The first kappa shape index (κ1) is 15.5. The molecule has 1 aromatic heterocycles. The first-order valence-corrected chi connectivity index (χ1v) is 8.17. The molecule has 0 unspecified atom stereocenters. The summed E-state index contributed by atoms with van der Waals surface area (Å²) in [6, 6.07) is 7.86. The molecule has 2 rings (SSSR count). The van der Waals surface area contributed by atoms with E-state index in [0.29, 0.717) is 13.0 Å². The van der Waals surface area contributed by atoms with E-state index in [-0.39, 0.29) is 17.2 Å². The van der Waals surface area contributed by atoms with Crippen LogP contribution in [0.1, 0.15) is 17.8 Å². The van der Waals surface area contributed by atoms with Crippen LogP contribution in [0.2, 0.25) is 0 Å².